The molecule has 0 saturated carbocycles. The molecule has 0 rings (SSSR count). The smallest absolute Gasteiger partial charge is 0.325 e. The molecule has 0 aromatic heterocycles. The number of rotatable bonds is 10. The number of ether oxygens (including phenoxy) is 1. The van der Waals surface area contributed by atoms with Crippen LogP contribution in [0, 0.1) is 0 Å². The lowest BCUT2D eigenvalue weighted by atomic mass is 9.92. The number of unbranched alkanes of at least 4 members (excludes halogenated alkanes) is 2. The number of carbonyl (C=O) groups is 1. The predicted octanol–water partition coefficient (Wildman–Crippen LogP) is 2.82. The first-order chi connectivity index (χ1) is 9.26. The highest BCUT2D eigenvalue weighted by molar-refractivity contribution is 5.80. The van der Waals surface area contributed by atoms with Crippen LogP contribution in [0.25, 0.3) is 0 Å². The molecule has 20 heavy (non-hydrogen) atoms. The lowest BCUT2D eigenvalue weighted by Crippen LogP contribution is -2.55. The lowest BCUT2D eigenvalue weighted by Gasteiger charge is -2.35. The Labute approximate surface area is 125 Å². The van der Waals surface area contributed by atoms with Gasteiger partial charge in [-0.25, -0.2) is 0 Å². The van der Waals surface area contributed by atoms with Gasteiger partial charge in [-0.2, -0.15) is 0 Å². The van der Waals surface area contributed by atoms with Gasteiger partial charge in [0.15, 0.2) is 0 Å². The molecule has 0 aromatic rings. The van der Waals surface area contributed by atoms with Crippen LogP contribution in [0.1, 0.15) is 60.3 Å². The molecule has 0 aromatic carbocycles. The summed E-state index contributed by atoms with van der Waals surface area (Å²) in [6, 6.07) is 0.582. The average Bonchev–Trinajstić information content (AvgIpc) is 2.36. The maximum atomic E-state index is 12.1. The fourth-order valence-electron chi connectivity index (χ4n) is 2.64. The Balaban J connectivity index is 4.59. The van der Waals surface area contributed by atoms with Crippen LogP contribution in [-0.2, 0) is 9.53 Å². The number of nitrogens with one attached hydrogen (secondary N) is 1. The van der Waals surface area contributed by atoms with Crippen molar-refractivity contribution in [3.63, 3.8) is 0 Å². The van der Waals surface area contributed by atoms with Crippen LogP contribution in [0.3, 0.4) is 0 Å². The van der Waals surface area contributed by atoms with Gasteiger partial charge in [-0.1, -0.05) is 19.8 Å². The van der Waals surface area contributed by atoms with E-state index in [0.717, 1.165) is 13.0 Å². The van der Waals surface area contributed by atoms with E-state index in [1.807, 2.05) is 6.92 Å². The highest BCUT2D eigenvalue weighted by Gasteiger charge is 2.36. The van der Waals surface area contributed by atoms with Crippen LogP contribution in [0.15, 0.2) is 0 Å². The fourth-order valence-corrected chi connectivity index (χ4v) is 2.64. The molecule has 4 heteroatoms. The van der Waals surface area contributed by atoms with Gasteiger partial charge in [0.05, 0.1) is 7.11 Å². The molecular formula is C16H34N2O2. The summed E-state index contributed by atoms with van der Waals surface area (Å²) in [5.41, 5.74) is -0.624. The summed E-state index contributed by atoms with van der Waals surface area (Å²) < 4.78 is 4.98. The lowest BCUT2D eigenvalue weighted by molar-refractivity contribution is -0.149. The molecule has 0 aliphatic heterocycles. The third-order valence-corrected chi connectivity index (χ3v) is 3.81. The summed E-state index contributed by atoms with van der Waals surface area (Å²) in [6.07, 6.45) is 4.46. The first-order valence-corrected chi connectivity index (χ1v) is 7.83. The van der Waals surface area contributed by atoms with Crippen molar-refractivity contribution in [1.29, 1.82) is 0 Å². The fraction of sp³-hybridized carbons (Fsp3) is 0.938. The van der Waals surface area contributed by atoms with E-state index < -0.39 is 5.54 Å². The Bertz CT molecular complexity index is 282. The minimum atomic E-state index is -0.624. The van der Waals surface area contributed by atoms with Gasteiger partial charge in [0.25, 0.3) is 0 Å². The second-order valence-corrected chi connectivity index (χ2v) is 6.36. The Hall–Kier alpha value is -0.610. The van der Waals surface area contributed by atoms with Gasteiger partial charge in [0, 0.05) is 12.1 Å². The normalized spacial score (nSPS) is 16.2. The van der Waals surface area contributed by atoms with Gasteiger partial charge in [0.2, 0.25) is 0 Å². The average molecular weight is 286 g/mol. The quantitative estimate of drug-likeness (QED) is 0.495. The zero-order chi connectivity index (χ0) is 15.8. The molecule has 0 amide bonds. The maximum Gasteiger partial charge on any atom is 0.325 e. The number of esters is 1. The summed E-state index contributed by atoms with van der Waals surface area (Å²) in [5.74, 6) is -0.181. The molecule has 0 aliphatic rings. The highest BCUT2D eigenvalue weighted by atomic mass is 16.5. The first-order valence-electron chi connectivity index (χ1n) is 7.83. The zero-order valence-electron chi connectivity index (χ0n) is 14.5. The number of hydrogen-bond acceptors (Lipinski definition) is 4. The standard InChI is InChI=1S/C16H34N2O2/c1-8-9-10-11-18(6)14(4)12-16(5,15(19)20-7)17-13(2)3/h13-14,17H,8-12H2,1-7H3. The van der Waals surface area contributed by atoms with Crippen LogP contribution < -0.4 is 5.32 Å². The van der Waals surface area contributed by atoms with E-state index in [0.29, 0.717) is 6.04 Å². The van der Waals surface area contributed by atoms with Gasteiger partial charge < -0.3 is 9.64 Å². The van der Waals surface area contributed by atoms with Crippen molar-refractivity contribution in [1.82, 2.24) is 10.2 Å². The van der Waals surface area contributed by atoms with Crippen LogP contribution in [0.2, 0.25) is 0 Å². The molecule has 0 aliphatic carbocycles. The third-order valence-electron chi connectivity index (χ3n) is 3.81. The number of carbonyl (C=O) groups excluding carboxylic acids is 1. The van der Waals surface area contributed by atoms with Gasteiger partial charge in [0.1, 0.15) is 5.54 Å². The van der Waals surface area contributed by atoms with Gasteiger partial charge in [-0.3, -0.25) is 10.1 Å². The van der Waals surface area contributed by atoms with Crippen molar-refractivity contribution >= 4 is 5.97 Å². The SMILES string of the molecule is CCCCCN(C)C(C)CC(C)(NC(C)C)C(=O)OC. The van der Waals surface area contributed by atoms with Crippen LogP contribution in [-0.4, -0.2) is 49.2 Å². The van der Waals surface area contributed by atoms with Crippen molar-refractivity contribution in [2.45, 2.75) is 77.9 Å². The maximum absolute atomic E-state index is 12.1. The summed E-state index contributed by atoms with van der Waals surface area (Å²) in [4.78, 5) is 14.4. The predicted molar refractivity (Wildman–Crippen MR) is 84.9 cm³/mol. The Morgan fingerprint density at radius 2 is 1.90 bits per heavy atom. The van der Waals surface area contributed by atoms with Crippen LogP contribution >= 0.6 is 0 Å². The van der Waals surface area contributed by atoms with E-state index in [4.69, 9.17) is 4.74 Å². The molecule has 2 unspecified atom stereocenters. The summed E-state index contributed by atoms with van der Waals surface area (Å²) >= 11 is 0. The molecule has 0 radical (unpaired) electrons. The molecule has 0 saturated heterocycles. The van der Waals surface area contributed by atoms with Crippen molar-refractivity contribution in [2.24, 2.45) is 0 Å². The van der Waals surface area contributed by atoms with Crippen LogP contribution in [0.4, 0.5) is 0 Å². The van der Waals surface area contributed by atoms with E-state index in [1.165, 1.54) is 26.4 Å². The van der Waals surface area contributed by atoms with Gasteiger partial charge in [-0.05, 0) is 54.1 Å². The molecule has 120 valence electrons. The second-order valence-electron chi connectivity index (χ2n) is 6.36. The molecule has 0 bridgehead atoms. The van der Waals surface area contributed by atoms with Crippen molar-refractivity contribution in [3.05, 3.63) is 0 Å². The van der Waals surface area contributed by atoms with Crippen molar-refractivity contribution in [3.8, 4) is 0 Å². The third kappa shape index (κ3) is 6.71. The summed E-state index contributed by atoms with van der Waals surface area (Å²) in [6.45, 7) is 11.5. The number of methoxy groups -OCH3 is 1. The van der Waals surface area contributed by atoms with E-state index in [2.05, 4.69) is 45.0 Å². The summed E-state index contributed by atoms with van der Waals surface area (Å²) in [5, 5.41) is 3.36. The monoisotopic (exact) mass is 286 g/mol. The molecule has 2 atom stereocenters. The van der Waals surface area contributed by atoms with Crippen LogP contribution in [0.5, 0.6) is 0 Å². The van der Waals surface area contributed by atoms with Gasteiger partial charge >= 0.3 is 5.97 Å². The van der Waals surface area contributed by atoms with Gasteiger partial charge in [-0.15, -0.1) is 0 Å². The topological polar surface area (TPSA) is 41.6 Å². The molecular weight excluding hydrogens is 252 g/mol. The first kappa shape index (κ1) is 19.4. The molecule has 0 heterocycles. The molecule has 0 spiro atoms. The molecule has 4 nitrogen and oxygen atoms in total. The summed E-state index contributed by atoms with van der Waals surface area (Å²) in [7, 11) is 3.59. The minimum Gasteiger partial charge on any atom is -0.468 e. The Morgan fingerprint density at radius 1 is 1.30 bits per heavy atom. The Kier molecular flexibility index (Phi) is 9.06. The second kappa shape index (κ2) is 9.35. The Morgan fingerprint density at radius 3 is 2.35 bits per heavy atom. The molecule has 0 fully saturated rings. The number of hydrogen-bond donors (Lipinski definition) is 1. The highest BCUT2D eigenvalue weighted by Crippen LogP contribution is 2.19. The molecule has 1 N–H and O–H groups in total. The largest absolute Gasteiger partial charge is 0.468 e. The van der Waals surface area contributed by atoms with Crippen molar-refractivity contribution in [2.75, 3.05) is 20.7 Å². The van der Waals surface area contributed by atoms with E-state index in [9.17, 15) is 4.79 Å². The van der Waals surface area contributed by atoms with Crippen molar-refractivity contribution < 1.29 is 9.53 Å². The van der Waals surface area contributed by atoms with E-state index in [1.54, 1.807) is 0 Å². The van der Waals surface area contributed by atoms with E-state index >= 15 is 0 Å². The zero-order valence-corrected chi connectivity index (χ0v) is 14.5. The van der Waals surface area contributed by atoms with E-state index in [-0.39, 0.29) is 12.0 Å². The minimum absolute atomic E-state index is 0.181. The number of nitrogens with zero attached hydrogens (tertiary/aromatic N) is 1.